The van der Waals surface area contributed by atoms with Gasteiger partial charge in [-0.2, -0.15) is 0 Å². The first-order valence-corrected chi connectivity index (χ1v) is 22.4. The molecule has 0 amide bonds. The number of rotatable bonds is 9. The number of ether oxygens (including phenoxy) is 1. The van der Waals surface area contributed by atoms with E-state index in [1.165, 1.54) is 31.8 Å². The summed E-state index contributed by atoms with van der Waals surface area (Å²) in [5.74, 6) is 2.40. The fraction of sp³-hybridized carbons (Fsp3) is 0.0185. The Morgan fingerprint density at radius 2 is 0.933 bits per heavy atom. The van der Waals surface area contributed by atoms with Crippen LogP contribution in [-0.2, 0) is 0 Å². The fourth-order valence-electron chi connectivity index (χ4n) is 9.21. The monoisotopic (exact) mass is 788 g/mol. The number of hydrogen-bond donors (Lipinski definition) is 0. The fourth-order valence-corrected chi connectivity index (χ4v) is 14.0. The average molecular weight is 789 g/mol. The van der Waals surface area contributed by atoms with E-state index < -0.39 is 8.07 Å². The summed E-state index contributed by atoms with van der Waals surface area (Å²) in [6, 6.07) is 80.2. The molecule has 0 aliphatic carbocycles. The van der Waals surface area contributed by atoms with Gasteiger partial charge in [-0.1, -0.05) is 146 Å². The van der Waals surface area contributed by atoms with Gasteiger partial charge >= 0.3 is 0 Å². The SMILES string of the molecule is c1ccc(N2CN(c3cccc(Oc4ccc5c6ccccc6n(-c6cc([Si](c7ccccc7)(c7ccccc7)c7ccccc7)ccn6)c5c4)c3)c3ccccc32)cc1. The molecule has 0 bridgehead atoms. The van der Waals surface area contributed by atoms with Crippen molar-refractivity contribution in [2.45, 2.75) is 0 Å². The lowest BCUT2D eigenvalue weighted by molar-refractivity contribution is 0.483. The summed E-state index contributed by atoms with van der Waals surface area (Å²) in [6.07, 6.45) is 1.99. The minimum atomic E-state index is -2.79. The molecule has 3 heterocycles. The molecule has 0 atom stereocenters. The Balaban J connectivity index is 1.02. The van der Waals surface area contributed by atoms with E-state index in [4.69, 9.17) is 9.72 Å². The Kier molecular flexibility index (Phi) is 8.83. The highest BCUT2D eigenvalue weighted by molar-refractivity contribution is 7.19. The number of fused-ring (bicyclic) bond motifs is 4. The second-order valence-corrected chi connectivity index (χ2v) is 19.0. The lowest BCUT2D eigenvalue weighted by Gasteiger charge is -2.34. The maximum atomic E-state index is 6.76. The summed E-state index contributed by atoms with van der Waals surface area (Å²) >= 11 is 0. The molecule has 1 aliphatic heterocycles. The van der Waals surface area contributed by atoms with Crippen molar-refractivity contribution in [2.75, 3.05) is 16.5 Å². The summed E-state index contributed by atoms with van der Waals surface area (Å²) in [4.78, 5) is 9.83. The third kappa shape index (κ3) is 5.96. The highest BCUT2D eigenvalue weighted by atomic mass is 28.3. The van der Waals surface area contributed by atoms with Crippen LogP contribution in [0.1, 0.15) is 0 Å². The van der Waals surface area contributed by atoms with Gasteiger partial charge in [0.05, 0.1) is 22.4 Å². The lowest BCUT2D eigenvalue weighted by Crippen LogP contribution is -2.74. The molecule has 11 rings (SSSR count). The molecule has 60 heavy (non-hydrogen) atoms. The Labute approximate surface area is 350 Å². The second kappa shape index (κ2) is 14.9. The van der Waals surface area contributed by atoms with Crippen LogP contribution in [0.4, 0.5) is 22.7 Å². The van der Waals surface area contributed by atoms with Crippen molar-refractivity contribution in [3.63, 3.8) is 0 Å². The minimum absolute atomic E-state index is 0.702. The van der Waals surface area contributed by atoms with Gasteiger partial charge in [0.2, 0.25) is 0 Å². The zero-order valence-electron chi connectivity index (χ0n) is 32.8. The number of pyridine rings is 1. The zero-order valence-corrected chi connectivity index (χ0v) is 33.8. The molecule has 0 unspecified atom stereocenters. The Morgan fingerprint density at radius 3 is 1.60 bits per heavy atom. The third-order valence-electron chi connectivity index (χ3n) is 11.9. The Morgan fingerprint density at radius 1 is 0.400 bits per heavy atom. The summed E-state index contributed by atoms with van der Waals surface area (Å²) in [5.41, 5.74) is 6.71. The molecule has 0 radical (unpaired) electrons. The summed E-state index contributed by atoms with van der Waals surface area (Å²) in [5, 5.41) is 7.55. The van der Waals surface area contributed by atoms with Crippen LogP contribution in [0.15, 0.2) is 231 Å². The predicted molar refractivity (Wildman–Crippen MR) is 251 cm³/mol. The second-order valence-electron chi connectivity index (χ2n) is 15.2. The van der Waals surface area contributed by atoms with Crippen LogP contribution in [0.5, 0.6) is 11.5 Å². The highest BCUT2D eigenvalue weighted by Gasteiger charge is 2.41. The van der Waals surface area contributed by atoms with E-state index in [9.17, 15) is 0 Å². The number of nitrogens with zero attached hydrogens (tertiary/aromatic N) is 4. The van der Waals surface area contributed by atoms with Gasteiger partial charge in [0, 0.05) is 40.5 Å². The predicted octanol–water partition coefficient (Wildman–Crippen LogP) is 10.6. The van der Waals surface area contributed by atoms with Crippen LogP contribution < -0.4 is 35.3 Å². The van der Waals surface area contributed by atoms with E-state index in [0.717, 1.165) is 50.8 Å². The highest BCUT2D eigenvalue weighted by Crippen LogP contribution is 2.45. The van der Waals surface area contributed by atoms with Crippen LogP contribution in [-0.4, -0.2) is 24.3 Å². The van der Waals surface area contributed by atoms with E-state index in [-0.39, 0.29) is 0 Å². The number of anilines is 4. The maximum Gasteiger partial charge on any atom is 0.179 e. The molecule has 286 valence electrons. The normalized spacial score (nSPS) is 12.5. The van der Waals surface area contributed by atoms with Crippen LogP contribution in [0.2, 0.25) is 0 Å². The quantitative estimate of drug-likeness (QED) is 0.108. The standard InChI is InChI=1S/C54H40N4OSi/c1-5-18-40(19-6-1)56-39-57(52-31-16-15-30-51(52)56)41-20-17-21-42(36-41)59-43-32-33-49-48-28-13-14-29-50(48)58(53(49)37-43)54-38-47(34-35-55-54)60(44-22-7-2-8-23-44,45-24-9-3-10-25-45)46-26-11-4-12-27-46/h1-38H,39H2. The van der Waals surface area contributed by atoms with Crippen LogP contribution in [0, 0.1) is 0 Å². The number of aromatic nitrogens is 2. The molecular weight excluding hydrogens is 749 g/mol. The Hall–Kier alpha value is -7.67. The summed E-state index contributed by atoms with van der Waals surface area (Å²) < 4.78 is 9.06. The first-order valence-electron chi connectivity index (χ1n) is 20.4. The van der Waals surface area contributed by atoms with Crippen molar-refractivity contribution in [1.82, 2.24) is 9.55 Å². The van der Waals surface area contributed by atoms with Crippen LogP contribution in [0.3, 0.4) is 0 Å². The van der Waals surface area contributed by atoms with Crippen LogP contribution in [0.25, 0.3) is 27.6 Å². The van der Waals surface area contributed by atoms with Gasteiger partial charge in [-0.05, 0) is 87.5 Å². The largest absolute Gasteiger partial charge is 0.457 e. The minimum Gasteiger partial charge on any atom is -0.457 e. The van der Waals surface area contributed by atoms with Crippen molar-refractivity contribution in [1.29, 1.82) is 0 Å². The molecular formula is C54H40N4OSi. The molecule has 10 aromatic rings. The topological polar surface area (TPSA) is 33.5 Å². The zero-order chi connectivity index (χ0) is 39.9. The van der Waals surface area contributed by atoms with E-state index in [1.807, 2.05) is 12.3 Å². The summed E-state index contributed by atoms with van der Waals surface area (Å²) in [6.45, 7) is 0.702. The molecule has 0 saturated heterocycles. The first kappa shape index (κ1) is 35.5. The van der Waals surface area contributed by atoms with E-state index in [1.54, 1.807) is 0 Å². The van der Waals surface area contributed by atoms with Gasteiger partial charge in [0.25, 0.3) is 0 Å². The van der Waals surface area contributed by atoms with E-state index >= 15 is 0 Å². The lowest BCUT2D eigenvalue weighted by atomic mass is 10.1. The van der Waals surface area contributed by atoms with Crippen molar-refractivity contribution < 1.29 is 4.74 Å². The summed E-state index contributed by atoms with van der Waals surface area (Å²) in [7, 11) is -2.79. The molecule has 1 aliphatic rings. The number of para-hydroxylation sites is 4. The molecule has 8 aromatic carbocycles. The smallest absolute Gasteiger partial charge is 0.179 e. The van der Waals surface area contributed by atoms with Crippen LogP contribution >= 0.6 is 0 Å². The number of hydrogen-bond acceptors (Lipinski definition) is 4. The number of benzene rings is 8. The molecule has 0 saturated carbocycles. The van der Waals surface area contributed by atoms with Gasteiger partial charge in [-0.3, -0.25) is 4.57 Å². The van der Waals surface area contributed by atoms with E-state index in [0.29, 0.717) is 6.67 Å². The van der Waals surface area contributed by atoms with Crippen molar-refractivity contribution in [3.8, 4) is 17.3 Å². The Bertz CT molecular complexity index is 3020. The van der Waals surface area contributed by atoms with Crippen molar-refractivity contribution in [3.05, 3.63) is 231 Å². The van der Waals surface area contributed by atoms with Gasteiger partial charge in [0.1, 0.15) is 24.0 Å². The van der Waals surface area contributed by atoms with Crippen molar-refractivity contribution >= 4 is 73.4 Å². The van der Waals surface area contributed by atoms with Gasteiger partial charge in [-0.15, -0.1) is 0 Å². The first-order chi connectivity index (χ1) is 29.8. The maximum absolute atomic E-state index is 6.76. The average Bonchev–Trinajstić information content (AvgIpc) is 3.87. The van der Waals surface area contributed by atoms with Gasteiger partial charge in [0.15, 0.2) is 8.07 Å². The molecule has 0 spiro atoms. The molecule has 5 nitrogen and oxygen atoms in total. The molecule has 2 aromatic heterocycles. The molecule has 0 fully saturated rings. The molecule has 6 heteroatoms. The molecule has 0 N–H and O–H groups in total. The van der Waals surface area contributed by atoms with E-state index in [2.05, 4.69) is 233 Å². The van der Waals surface area contributed by atoms with Gasteiger partial charge in [-0.25, -0.2) is 4.98 Å². The van der Waals surface area contributed by atoms with Gasteiger partial charge < -0.3 is 14.5 Å². The third-order valence-corrected chi connectivity index (χ3v) is 16.6. The van der Waals surface area contributed by atoms with Crippen molar-refractivity contribution in [2.24, 2.45) is 0 Å².